The smallest absolute Gasteiger partial charge is 0.308 e. The van der Waals surface area contributed by atoms with Crippen LogP contribution in [0.1, 0.15) is 26.7 Å². The summed E-state index contributed by atoms with van der Waals surface area (Å²) in [5.74, 6) is -1.00. The number of hydrogen-bond acceptors (Lipinski definition) is 5. The van der Waals surface area contributed by atoms with Crippen LogP contribution in [0.4, 0.5) is 0 Å². The van der Waals surface area contributed by atoms with E-state index in [1.165, 1.54) is 7.11 Å². The molecule has 0 aromatic carbocycles. The van der Waals surface area contributed by atoms with E-state index in [0.717, 1.165) is 0 Å². The zero-order valence-corrected chi connectivity index (χ0v) is 9.36. The molecular formula is C10H18O5. The minimum atomic E-state index is -0.736. The summed E-state index contributed by atoms with van der Waals surface area (Å²) in [5.41, 5.74) is 0. The summed E-state index contributed by atoms with van der Waals surface area (Å²) < 4.78 is 15.3. The van der Waals surface area contributed by atoms with E-state index in [4.69, 9.17) is 9.47 Å². The first kappa shape index (κ1) is 12.4. The van der Waals surface area contributed by atoms with E-state index in [-0.39, 0.29) is 12.5 Å². The number of hydrogen-bond donors (Lipinski definition) is 1. The number of ether oxygens (including phenoxy) is 3. The van der Waals surface area contributed by atoms with Gasteiger partial charge in [0, 0.05) is 6.42 Å². The highest BCUT2D eigenvalue weighted by Gasteiger charge is 2.33. The van der Waals surface area contributed by atoms with Crippen molar-refractivity contribution in [3.8, 4) is 0 Å². The highest BCUT2D eigenvalue weighted by Crippen LogP contribution is 2.25. The minimum absolute atomic E-state index is 0.00319. The Balaban J connectivity index is 2.27. The fraction of sp³-hybridized carbons (Fsp3) is 0.900. The molecule has 1 rings (SSSR count). The molecule has 0 radical (unpaired) electrons. The molecule has 1 saturated heterocycles. The summed E-state index contributed by atoms with van der Waals surface area (Å²) in [7, 11) is 1.30. The van der Waals surface area contributed by atoms with Crippen molar-refractivity contribution in [3.05, 3.63) is 0 Å². The van der Waals surface area contributed by atoms with Gasteiger partial charge in [-0.15, -0.1) is 0 Å². The highest BCUT2D eigenvalue weighted by molar-refractivity contribution is 5.69. The van der Waals surface area contributed by atoms with Gasteiger partial charge in [0.05, 0.1) is 32.3 Å². The molecule has 0 aromatic rings. The zero-order valence-electron chi connectivity index (χ0n) is 9.36. The molecule has 0 unspecified atom stereocenters. The topological polar surface area (TPSA) is 65.0 Å². The van der Waals surface area contributed by atoms with E-state index in [9.17, 15) is 9.90 Å². The average Bonchev–Trinajstić information content (AvgIpc) is 2.44. The molecule has 88 valence electrons. The number of aliphatic hydroxyl groups excluding tert-OH is 1. The molecule has 1 aliphatic heterocycles. The predicted octanol–water partition coefficient (Wildman–Crippen LogP) is 0.452. The van der Waals surface area contributed by atoms with Gasteiger partial charge in [0.25, 0.3) is 0 Å². The fourth-order valence-electron chi connectivity index (χ4n) is 1.54. The Hall–Kier alpha value is -0.650. The van der Waals surface area contributed by atoms with Gasteiger partial charge in [-0.1, -0.05) is 0 Å². The van der Waals surface area contributed by atoms with Gasteiger partial charge in [0.2, 0.25) is 0 Å². The summed E-state index contributed by atoms with van der Waals surface area (Å²) >= 11 is 0. The van der Waals surface area contributed by atoms with Crippen molar-refractivity contribution in [2.24, 2.45) is 0 Å². The summed E-state index contributed by atoms with van der Waals surface area (Å²) in [4.78, 5) is 10.9. The molecule has 0 bridgehead atoms. The van der Waals surface area contributed by atoms with E-state index in [0.29, 0.717) is 13.0 Å². The van der Waals surface area contributed by atoms with Crippen molar-refractivity contribution >= 4 is 5.97 Å². The van der Waals surface area contributed by atoms with Gasteiger partial charge in [-0.05, 0) is 13.8 Å². The number of carbonyl (C=O) groups excluding carboxylic acids is 1. The van der Waals surface area contributed by atoms with E-state index < -0.39 is 17.9 Å². The van der Waals surface area contributed by atoms with Gasteiger partial charge < -0.3 is 19.3 Å². The monoisotopic (exact) mass is 218 g/mol. The Morgan fingerprint density at radius 1 is 1.67 bits per heavy atom. The number of carbonyl (C=O) groups is 1. The average molecular weight is 218 g/mol. The number of methoxy groups -OCH3 is 1. The fourth-order valence-corrected chi connectivity index (χ4v) is 1.54. The standard InChI is InChI=1S/C10H18O5/c1-10(2)14-6-8(15-10)4-7(11)5-9(12)13-3/h7-8,11H,4-6H2,1-3H3/t7-,8+/m1/s1. The lowest BCUT2D eigenvalue weighted by Crippen LogP contribution is -2.25. The highest BCUT2D eigenvalue weighted by atomic mass is 16.7. The molecule has 15 heavy (non-hydrogen) atoms. The van der Waals surface area contributed by atoms with Crippen molar-refractivity contribution in [1.82, 2.24) is 0 Å². The molecule has 0 spiro atoms. The maximum Gasteiger partial charge on any atom is 0.308 e. The van der Waals surface area contributed by atoms with Crippen molar-refractivity contribution in [2.45, 2.75) is 44.7 Å². The Morgan fingerprint density at radius 2 is 2.33 bits per heavy atom. The van der Waals surface area contributed by atoms with Gasteiger partial charge in [0.15, 0.2) is 5.79 Å². The van der Waals surface area contributed by atoms with Crippen molar-refractivity contribution in [1.29, 1.82) is 0 Å². The van der Waals surface area contributed by atoms with Crippen molar-refractivity contribution in [2.75, 3.05) is 13.7 Å². The Morgan fingerprint density at radius 3 is 2.80 bits per heavy atom. The molecule has 5 nitrogen and oxygen atoms in total. The molecule has 1 N–H and O–H groups in total. The van der Waals surface area contributed by atoms with Gasteiger partial charge >= 0.3 is 5.97 Å². The van der Waals surface area contributed by atoms with E-state index in [2.05, 4.69) is 4.74 Å². The number of aliphatic hydroxyl groups is 1. The van der Waals surface area contributed by atoms with Crippen LogP contribution in [0.5, 0.6) is 0 Å². The van der Waals surface area contributed by atoms with Crippen molar-refractivity contribution < 1.29 is 24.1 Å². The molecule has 5 heteroatoms. The third kappa shape index (κ3) is 4.15. The SMILES string of the molecule is COC(=O)C[C@H](O)C[C@H]1COC(C)(C)O1. The lowest BCUT2D eigenvalue weighted by Gasteiger charge is -2.18. The number of rotatable bonds is 4. The van der Waals surface area contributed by atoms with E-state index in [1.54, 1.807) is 0 Å². The second-order valence-corrected chi connectivity index (χ2v) is 4.12. The molecule has 1 fully saturated rings. The van der Waals surface area contributed by atoms with Crippen LogP contribution in [0.15, 0.2) is 0 Å². The molecule has 0 aromatic heterocycles. The van der Waals surface area contributed by atoms with Crippen molar-refractivity contribution in [3.63, 3.8) is 0 Å². The quantitative estimate of drug-likeness (QED) is 0.694. The van der Waals surface area contributed by atoms with E-state index in [1.807, 2.05) is 13.8 Å². The Kier molecular flexibility index (Phi) is 4.07. The van der Waals surface area contributed by atoms with Crippen LogP contribution in [0.2, 0.25) is 0 Å². The third-order valence-corrected chi connectivity index (χ3v) is 2.23. The van der Waals surface area contributed by atoms with Crippen LogP contribution in [0, 0.1) is 0 Å². The van der Waals surface area contributed by atoms with Gasteiger partial charge in [-0.25, -0.2) is 0 Å². The third-order valence-electron chi connectivity index (χ3n) is 2.23. The second kappa shape index (κ2) is 4.92. The molecular weight excluding hydrogens is 200 g/mol. The first-order valence-corrected chi connectivity index (χ1v) is 4.99. The summed E-state index contributed by atoms with van der Waals surface area (Å²) in [6.45, 7) is 4.09. The van der Waals surface area contributed by atoms with Crippen LogP contribution < -0.4 is 0 Å². The van der Waals surface area contributed by atoms with Gasteiger partial charge in [-0.2, -0.15) is 0 Å². The first-order valence-electron chi connectivity index (χ1n) is 4.99. The second-order valence-electron chi connectivity index (χ2n) is 4.12. The van der Waals surface area contributed by atoms with Crippen LogP contribution >= 0.6 is 0 Å². The molecule has 1 heterocycles. The molecule has 2 atom stereocenters. The molecule has 0 amide bonds. The normalized spacial score (nSPS) is 26.3. The van der Waals surface area contributed by atoms with Crippen LogP contribution in [0.25, 0.3) is 0 Å². The maximum absolute atomic E-state index is 10.9. The first-order chi connectivity index (χ1) is 6.93. The summed E-state index contributed by atoms with van der Waals surface area (Å²) in [6.07, 6.45) is -0.505. The van der Waals surface area contributed by atoms with Crippen LogP contribution in [0.3, 0.4) is 0 Å². The Labute approximate surface area is 89.3 Å². The molecule has 1 aliphatic rings. The minimum Gasteiger partial charge on any atom is -0.469 e. The van der Waals surface area contributed by atoms with E-state index >= 15 is 0 Å². The Bertz CT molecular complexity index is 226. The lowest BCUT2D eigenvalue weighted by molar-refractivity contribution is -0.146. The molecule has 0 aliphatic carbocycles. The predicted molar refractivity (Wildman–Crippen MR) is 52.2 cm³/mol. The van der Waals surface area contributed by atoms with Crippen LogP contribution in [-0.4, -0.2) is 42.8 Å². The van der Waals surface area contributed by atoms with Gasteiger partial charge in [0.1, 0.15) is 0 Å². The summed E-state index contributed by atoms with van der Waals surface area (Å²) in [5, 5.41) is 9.54. The molecule has 0 saturated carbocycles. The maximum atomic E-state index is 10.9. The largest absolute Gasteiger partial charge is 0.469 e. The zero-order chi connectivity index (χ0) is 11.5. The van der Waals surface area contributed by atoms with Crippen LogP contribution in [-0.2, 0) is 19.0 Å². The summed E-state index contributed by atoms with van der Waals surface area (Å²) in [6, 6.07) is 0. The van der Waals surface area contributed by atoms with Gasteiger partial charge in [-0.3, -0.25) is 4.79 Å². The number of esters is 1. The lowest BCUT2D eigenvalue weighted by atomic mass is 10.1.